The van der Waals surface area contributed by atoms with Crippen molar-refractivity contribution in [3.63, 3.8) is 0 Å². The summed E-state index contributed by atoms with van der Waals surface area (Å²) < 4.78 is 42.2. The molecule has 2 N–H and O–H groups in total. The number of fused-ring (bicyclic) bond motifs is 1. The van der Waals surface area contributed by atoms with Crippen molar-refractivity contribution in [3.8, 4) is 11.3 Å². The van der Waals surface area contributed by atoms with Crippen LogP contribution in [0.3, 0.4) is 0 Å². The van der Waals surface area contributed by atoms with E-state index in [1.54, 1.807) is 16.5 Å². The molecule has 3 rings (SSSR count). The van der Waals surface area contributed by atoms with Gasteiger partial charge in [-0.2, -0.15) is 0 Å². The maximum atomic E-state index is 13.4. The first kappa shape index (κ1) is 13.9. The second-order valence-electron chi connectivity index (χ2n) is 4.56. The average molecular weight is 356 g/mol. The van der Waals surface area contributed by atoms with Crippen molar-refractivity contribution in [2.45, 2.75) is 6.92 Å². The number of halogens is 4. The van der Waals surface area contributed by atoms with Gasteiger partial charge in [0, 0.05) is 15.7 Å². The molecule has 0 saturated heterocycles. The molecule has 0 amide bonds. The highest BCUT2D eigenvalue weighted by atomic mass is 79.9. The Balaban J connectivity index is 2.31. The van der Waals surface area contributed by atoms with Crippen molar-refractivity contribution in [1.29, 1.82) is 0 Å². The Hall–Kier alpha value is -2.02. The number of hydrogen-bond donors (Lipinski definition) is 1. The summed E-state index contributed by atoms with van der Waals surface area (Å²) in [4.78, 5) is 4.26. The number of aromatic nitrogens is 2. The van der Waals surface area contributed by atoms with Gasteiger partial charge in [0.05, 0.1) is 0 Å². The summed E-state index contributed by atoms with van der Waals surface area (Å²) in [5.74, 6) is -3.84. The van der Waals surface area contributed by atoms with Crippen molar-refractivity contribution >= 4 is 27.4 Å². The summed E-state index contributed by atoms with van der Waals surface area (Å²) in [6.07, 6.45) is 0. The molecule has 3 aromatic rings. The zero-order valence-corrected chi connectivity index (χ0v) is 12.4. The van der Waals surface area contributed by atoms with Crippen molar-refractivity contribution in [2.75, 3.05) is 5.73 Å². The molecule has 108 valence electrons. The summed E-state index contributed by atoms with van der Waals surface area (Å²) in [7, 11) is 0. The Morgan fingerprint density at radius 1 is 1.14 bits per heavy atom. The molecular formula is C14H9BrF3N3. The first-order valence-corrected chi connectivity index (χ1v) is 6.77. The second-order valence-corrected chi connectivity index (χ2v) is 5.41. The average Bonchev–Trinajstić information content (AvgIpc) is 2.77. The number of nitrogen functional groups attached to an aromatic ring is 1. The topological polar surface area (TPSA) is 43.3 Å². The number of nitrogens with two attached hydrogens (primary N) is 1. The van der Waals surface area contributed by atoms with Crippen LogP contribution < -0.4 is 5.73 Å². The molecule has 0 aliphatic heterocycles. The number of anilines is 1. The van der Waals surface area contributed by atoms with E-state index in [9.17, 15) is 13.2 Å². The SMILES string of the molecule is Cc1c(Br)ccc2nc(-c3cc(F)c(F)c(F)c3)c(N)n12. The van der Waals surface area contributed by atoms with Gasteiger partial charge in [-0.1, -0.05) is 0 Å². The van der Waals surface area contributed by atoms with Crippen molar-refractivity contribution < 1.29 is 13.2 Å². The first-order chi connectivity index (χ1) is 9.90. The van der Waals surface area contributed by atoms with E-state index in [1.807, 2.05) is 6.92 Å². The molecule has 0 bridgehead atoms. The van der Waals surface area contributed by atoms with Gasteiger partial charge in [0.15, 0.2) is 17.5 Å². The fraction of sp³-hybridized carbons (Fsp3) is 0.0714. The standard InChI is InChI=1S/C14H9BrF3N3/c1-6-8(15)2-3-11-20-13(14(19)21(6)11)7-4-9(16)12(18)10(17)5-7/h2-5H,19H2,1H3. The lowest BCUT2D eigenvalue weighted by Crippen LogP contribution is -1.99. The normalized spacial score (nSPS) is 11.3. The van der Waals surface area contributed by atoms with E-state index in [2.05, 4.69) is 20.9 Å². The summed E-state index contributed by atoms with van der Waals surface area (Å²) in [6, 6.07) is 5.27. The van der Waals surface area contributed by atoms with E-state index in [4.69, 9.17) is 5.73 Å². The van der Waals surface area contributed by atoms with Gasteiger partial charge in [-0.05, 0) is 47.1 Å². The zero-order valence-electron chi connectivity index (χ0n) is 10.8. The van der Waals surface area contributed by atoms with Crippen molar-refractivity contribution in [1.82, 2.24) is 9.38 Å². The Morgan fingerprint density at radius 2 is 1.76 bits per heavy atom. The second kappa shape index (κ2) is 4.77. The third-order valence-corrected chi connectivity index (χ3v) is 4.09. The minimum absolute atomic E-state index is 0.0862. The quantitative estimate of drug-likeness (QED) is 0.668. The van der Waals surface area contributed by atoms with Gasteiger partial charge in [0.1, 0.15) is 17.2 Å². The van der Waals surface area contributed by atoms with Crippen molar-refractivity contribution in [3.05, 3.63) is 51.9 Å². The van der Waals surface area contributed by atoms with Crippen LogP contribution in [0.25, 0.3) is 16.9 Å². The molecule has 3 nitrogen and oxygen atoms in total. The van der Waals surface area contributed by atoms with Gasteiger partial charge in [0.25, 0.3) is 0 Å². The van der Waals surface area contributed by atoms with Gasteiger partial charge in [-0.3, -0.25) is 4.40 Å². The lowest BCUT2D eigenvalue weighted by atomic mass is 10.1. The summed E-state index contributed by atoms with van der Waals surface area (Å²) in [5.41, 5.74) is 7.64. The lowest BCUT2D eigenvalue weighted by molar-refractivity contribution is 0.447. The summed E-state index contributed by atoms with van der Waals surface area (Å²) in [6.45, 7) is 1.82. The van der Waals surface area contributed by atoms with Crippen LogP contribution in [0.15, 0.2) is 28.7 Å². The molecule has 0 spiro atoms. The summed E-state index contributed by atoms with van der Waals surface area (Å²) >= 11 is 3.37. The van der Waals surface area contributed by atoms with Gasteiger partial charge < -0.3 is 5.73 Å². The highest BCUT2D eigenvalue weighted by molar-refractivity contribution is 9.10. The zero-order chi connectivity index (χ0) is 15.3. The van der Waals surface area contributed by atoms with Gasteiger partial charge >= 0.3 is 0 Å². The van der Waals surface area contributed by atoms with E-state index in [1.165, 1.54) is 0 Å². The molecule has 0 radical (unpaired) electrons. The Bertz CT molecular complexity index is 851. The maximum absolute atomic E-state index is 13.4. The van der Waals surface area contributed by atoms with Crippen LogP contribution in [0, 0.1) is 24.4 Å². The van der Waals surface area contributed by atoms with Crippen LogP contribution in [-0.4, -0.2) is 9.38 Å². The molecule has 0 fully saturated rings. The van der Waals surface area contributed by atoms with E-state index < -0.39 is 17.5 Å². The molecular weight excluding hydrogens is 347 g/mol. The Morgan fingerprint density at radius 3 is 2.38 bits per heavy atom. The molecule has 0 atom stereocenters. The number of nitrogens with zero attached hydrogens (tertiary/aromatic N) is 2. The van der Waals surface area contributed by atoms with Crippen LogP contribution in [-0.2, 0) is 0 Å². The van der Waals surface area contributed by atoms with Crippen LogP contribution >= 0.6 is 15.9 Å². The predicted octanol–water partition coefficient (Wildman–Crippen LogP) is 4.07. The smallest absolute Gasteiger partial charge is 0.194 e. The number of rotatable bonds is 1. The van der Waals surface area contributed by atoms with Gasteiger partial charge in [-0.25, -0.2) is 18.2 Å². The molecule has 7 heteroatoms. The Kier molecular flexibility index (Phi) is 3.16. The molecule has 2 heterocycles. The molecule has 0 aliphatic carbocycles. The number of aryl methyl sites for hydroxylation is 1. The highest BCUT2D eigenvalue weighted by Crippen LogP contribution is 2.31. The third kappa shape index (κ3) is 2.08. The first-order valence-electron chi connectivity index (χ1n) is 5.98. The third-order valence-electron chi connectivity index (χ3n) is 3.26. The minimum Gasteiger partial charge on any atom is -0.383 e. The highest BCUT2D eigenvalue weighted by Gasteiger charge is 2.18. The summed E-state index contributed by atoms with van der Waals surface area (Å²) in [5, 5.41) is 0. The van der Waals surface area contributed by atoms with Gasteiger partial charge in [0.2, 0.25) is 0 Å². The van der Waals surface area contributed by atoms with Crippen molar-refractivity contribution in [2.24, 2.45) is 0 Å². The largest absolute Gasteiger partial charge is 0.383 e. The van der Waals surface area contributed by atoms with Crippen LogP contribution in [0.2, 0.25) is 0 Å². The molecule has 0 unspecified atom stereocenters. The van der Waals surface area contributed by atoms with Crippen LogP contribution in [0.4, 0.5) is 19.0 Å². The van der Waals surface area contributed by atoms with E-state index >= 15 is 0 Å². The monoisotopic (exact) mass is 355 g/mol. The number of pyridine rings is 1. The van der Waals surface area contributed by atoms with E-state index in [0.29, 0.717) is 5.65 Å². The fourth-order valence-corrected chi connectivity index (χ4v) is 2.50. The maximum Gasteiger partial charge on any atom is 0.194 e. The lowest BCUT2D eigenvalue weighted by Gasteiger charge is -2.05. The van der Waals surface area contributed by atoms with E-state index in [-0.39, 0.29) is 17.1 Å². The molecule has 2 aromatic heterocycles. The molecule has 0 aliphatic rings. The number of benzene rings is 1. The molecule has 1 aromatic carbocycles. The van der Waals surface area contributed by atoms with Gasteiger partial charge in [-0.15, -0.1) is 0 Å². The molecule has 21 heavy (non-hydrogen) atoms. The Labute approximate surface area is 126 Å². The van der Waals surface area contributed by atoms with Crippen LogP contribution in [0.1, 0.15) is 5.69 Å². The van der Waals surface area contributed by atoms with E-state index in [0.717, 1.165) is 22.3 Å². The fourth-order valence-electron chi connectivity index (χ4n) is 2.20. The number of imidazole rings is 1. The predicted molar refractivity (Wildman–Crippen MR) is 77.4 cm³/mol. The number of hydrogen-bond acceptors (Lipinski definition) is 2. The minimum atomic E-state index is -1.51. The van der Waals surface area contributed by atoms with Crippen LogP contribution in [0.5, 0.6) is 0 Å². The molecule has 0 saturated carbocycles.